The van der Waals surface area contributed by atoms with E-state index < -0.39 is 58.4 Å². The number of aliphatic hydroxyl groups excluding tert-OH is 6. The lowest BCUT2D eigenvalue weighted by molar-refractivity contribution is -0.184. The van der Waals surface area contributed by atoms with Crippen LogP contribution in [0.5, 0.6) is 0 Å². The van der Waals surface area contributed by atoms with Crippen LogP contribution in [0.15, 0.2) is 0 Å². The number of aliphatic hydroxyl groups is 6. The van der Waals surface area contributed by atoms with Crippen molar-refractivity contribution in [2.45, 2.75) is 37.0 Å². The van der Waals surface area contributed by atoms with Crippen LogP contribution in [0.2, 0.25) is 0 Å². The van der Waals surface area contributed by atoms with E-state index in [0.29, 0.717) is 0 Å². The van der Waals surface area contributed by atoms with Crippen molar-refractivity contribution in [3.05, 3.63) is 0 Å². The van der Waals surface area contributed by atoms with Gasteiger partial charge < -0.3 is 50.2 Å². The van der Waals surface area contributed by atoms with Crippen LogP contribution in [-0.4, -0.2) is 93.0 Å². The fraction of sp³-hybridized carbons (Fsp3) is 0.857. The molecule has 0 aromatic carbocycles. The molecule has 6 atom stereocenters. The van der Waals surface area contributed by atoms with E-state index in [-0.39, 0.29) is 0 Å². The maximum absolute atomic E-state index is 11.5. The number of rotatable bonds is 10. The molecule has 0 aliphatic heterocycles. The first kappa shape index (κ1) is 23.6. The number of phosphoric acid groups is 2. The van der Waals surface area contributed by atoms with Crippen molar-refractivity contribution in [3.63, 3.8) is 0 Å². The van der Waals surface area contributed by atoms with E-state index in [1.807, 2.05) is 0 Å². The van der Waals surface area contributed by atoms with Crippen LogP contribution in [0.25, 0.3) is 0 Å². The van der Waals surface area contributed by atoms with E-state index in [1.165, 1.54) is 0 Å². The third kappa shape index (κ3) is 8.15. The zero-order chi connectivity index (χ0) is 19.5. The zero-order valence-electron chi connectivity index (χ0n) is 11.4. The van der Waals surface area contributed by atoms with Gasteiger partial charge in [-0.15, -0.1) is 0 Å². The average molecular weight is 402 g/mol. The van der Waals surface area contributed by atoms with Gasteiger partial charge in [0.05, 0.1) is 0 Å². The Bertz CT molecular complexity index is 466. The molecule has 17 heteroatoms. The number of carbonyl (C=O) groups is 1. The number of hydrogen-bond donors (Lipinski definition) is 10. The highest BCUT2D eigenvalue weighted by molar-refractivity contribution is 7.46. The van der Waals surface area contributed by atoms with Crippen LogP contribution in [-0.2, 0) is 23.0 Å². The second-order valence-corrected chi connectivity index (χ2v) is 6.63. The Morgan fingerprint density at radius 3 is 1.12 bits per heavy atom. The molecule has 0 radical (unpaired) electrons. The molecule has 2 unspecified atom stereocenters. The van der Waals surface area contributed by atoms with E-state index >= 15 is 0 Å². The Hall–Kier alpha value is -0.350. The summed E-state index contributed by atoms with van der Waals surface area (Å²) in [5.74, 6) is -1.91. The molecule has 0 aliphatic rings. The molecule has 0 saturated heterocycles. The molecule has 0 aromatic rings. The second kappa shape index (κ2) is 8.84. The van der Waals surface area contributed by atoms with E-state index in [0.717, 1.165) is 0 Å². The normalized spacial score (nSPS) is 20.8. The zero-order valence-corrected chi connectivity index (χ0v) is 13.2. The number of phosphoric ester groups is 2. The van der Waals surface area contributed by atoms with Crippen molar-refractivity contribution >= 4 is 21.4 Å². The van der Waals surface area contributed by atoms with Gasteiger partial charge in [-0.1, -0.05) is 0 Å². The highest BCUT2D eigenvalue weighted by Crippen LogP contribution is 2.38. The fourth-order valence-corrected chi connectivity index (χ4v) is 2.04. The minimum absolute atomic E-state index is 1.91. The first-order valence-electron chi connectivity index (χ1n) is 5.67. The Morgan fingerprint density at radius 2 is 0.917 bits per heavy atom. The molecule has 0 fully saturated rings. The molecule has 0 spiro atoms. The lowest BCUT2D eigenvalue weighted by Crippen LogP contribution is -2.52. The van der Waals surface area contributed by atoms with Gasteiger partial charge in [0.25, 0.3) is 0 Å². The topological polar surface area (TPSA) is 272 Å². The van der Waals surface area contributed by atoms with Crippen molar-refractivity contribution in [1.82, 2.24) is 0 Å². The summed E-state index contributed by atoms with van der Waals surface area (Å²) in [5.41, 5.74) is 0. The largest absolute Gasteiger partial charge is 0.472 e. The summed E-state index contributed by atoms with van der Waals surface area (Å²) in [5, 5.41) is 55.4. The van der Waals surface area contributed by atoms with E-state index in [2.05, 4.69) is 9.05 Å². The summed E-state index contributed by atoms with van der Waals surface area (Å²) in [7, 11) is -10.6. The molecule has 0 aromatic heterocycles. The molecule has 0 amide bonds. The van der Waals surface area contributed by atoms with Crippen molar-refractivity contribution in [2.24, 2.45) is 0 Å². The minimum Gasteiger partial charge on any atom is -0.385 e. The lowest BCUT2D eigenvalue weighted by atomic mass is 10.0. The molecule has 10 N–H and O–H groups in total. The smallest absolute Gasteiger partial charge is 0.385 e. The van der Waals surface area contributed by atoms with E-state index in [4.69, 9.17) is 29.8 Å². The molecule has 0 heterocycles. The highest BCUT2D eigenvalue weighted by atomic mass is 31.2. The van der Waals surface area contributed by atoms with Gasteiger partial charge in [0, 0.05) is 0 Å². The van der Waals surface area contributed by atoms with Crippen LogP contribution in [0, 0.1) is 0 Å². The third-order valence-corrected chi connectivity index (χ3v) is 3.29. The molecular formula is C7H16O15P2. The molecule has 24 heavy (non-hydrogen) atoms. The van der Waals surface area contributed by atoms with Crippen LogP contribution in [0.4, 0.5) is 0 Å². The Labute approximate surface area is 132 Å². The molecule has 0 bridgehead atoms. The van der Waals surface area contributed by atoms with E-state index in [1.54, 1.807) is 0 Å². The van der Waals surface area contributed by atoms with Crippen LogP contribution < -0.4 is 0 Å². The van der Waals surface area contributed by atoms with Crippen LogP contribution in [0.3, 0.4) is 0 Å². The molecule has 15 nitrogen and oxygen atoms in total. The Morgan fingerprint density at radius 1 is 0.667 bits per heavy atom. The first-order valence-corrected chi connectivity index (χ1v) is 8.73. The predicted molar refractivity (Wildman–Crippen MR) is 67.3 cm³/mol. The van der Waals surface area contributed by atoms with Gasteiger partial charge >= 0.3 is 15.6 Å². The number of ketones is 1. The van der Waals surface area contributed by atoms with Gasteiger partial charge in [0.2, 0.25) is 0 Å². The maximum atomic E-state index is 11.5. The fourth-order valence-electron chi connectivity index (χ4n) is 1.23. The minimum atomic E-state index is -5.32. The van der Waals surface area contributed by atoms with Crippen LogP contribution in [0.1, 0.15) is 0 Å². The summed E-state index contributed by atoms with van der Waals surface area (Å²) in [6.45, 7) is 0. The number of Topliss-reactive ketones (excluding diaryl/α,β-unsaturated/α-hetero) is 1. The number of hydrogen-bond acceptors (Lipinski definition) is 11. The van der Waals surface area contributed by atoms with Crippen molar-refractivity contribution in [2.75, 3.05) is 0 Å². The van der Waals surface area contributed by atoms with Gasteiger partial charge in [0.15, 0.2) is 18.4 Å². The lowest BCUT2D eigenvalue weighted by Gasteiger charge is -2.26. The number of carbonyl (C=O) groups excluding carboxylic acids is 1. The average Bonchev–Trinajstić information content (AvgIpc) is 2.39. The highest BCUT2D eigenvalue weighted by Gasteiger charge is 2.42. The van der Waals surface area contributed by atoms with Crippen molar-refractivity contribution < 1.29 is 73.2 Å². The predicted octanol–water partition coefficient (Wildman–Crippen LogP) is -5.15. The maximum Gasteiger partial charge on any atom is 0.472 e. The van der Waals surface area contributed by atoms with Crippen molar-refractivity contribution in [3.8, 4) is 0 Å². The summed E-state index contributed by atoms with van der Waals surface area (Å²) >= 11 is 0. The monoisotopic (exact) mass is 402 g/mol. The van der Waals surface area contributed by atoms with Crippen molar-refractivity contribution in [1.29, 1.82) is 0 Å². The van der Waals surface area contributed by atoms with Gasteiger partial charge in [-0.25, -0.2) is 9.13 Å². The van der Waals surface area contributed by atoms with E-state index in [9.17, 15) is 34.4 Å². The molecule has 0 saturated carbocycles. The first-order chi connectivity index (χ1) is 10.6. The summed E-state index contributed by atoms with van der Waals surface area (Å²) < 4.78 is 28.0. The summed E-state index contributed by atoms with van der Waals surface area (Å²) in [6, 6.07) is 0. The SMILES string of the molecule is O=C([C@H](O)[C@H](O)C(O)OP(=O)(O)O)[C@H](O)[C@@H](O)C(O)OP(=O)(O)O. The standard InChI is InChI=1S/C7H16O15P2/c8-1(2(9)4(11)6(13)21-23(15,16)17)3(10)5(12)7(14)22-24(18,19)20/h2-7,9-14H,(H2,15,16,17)(H2,18,19,20)/t2-,3-,4-,5+,6?,7?/m0/s1. The Balaban J connectivity index is 4.92. The molecule has 144 valence electrons. The van der Waals surface area contributed by atoms with Gasteiger partial charge in [-0.3, -0.25) is 13.8 Å². The van der Waals surface area contributed by atoms with Gasteiger partial charge in [0.1, 0.15) is 24.4 Å². The summed E-state index contributed by atoms with van der Waals surface area (Å²) in [6.07, 6.45) is -16.5. The molecular weight excluding hydrogens is 386 g/mol. The van der Waals surface area contributed by atoms with Crippen LogP contribution >= 0.6 is 15.6 Å². The van der Waals surface area contributed by atoms with Gasteiger partial charge in [-0.2, -0.15) is 0 Å². The molecule has 0 rings (SSSR count). The third-order valence-electron chi connectivity index (χ3n) is 2.30. The Kier molecular flexibility index (Phi) is 8.71. The quantitative estimate of drug-likeness (QED) is 0.121. The summed E-state index contributed by atoms with van der Waals surface area (Å²) in [4.78, 5) is 45.0. The second-order valence-electron chi connectivity index (χ2n) is 4.25. The molecule has 0 aliphatic carbocycles. The van der Waals surface area contributed by atoms with Gasteiger partial charge in [-0.05, 0) is 0 Å².